The van der Waals surface area contributed by atoms with Gasteiger partial charge in [-0.15, -0.1) is 0 Å². The van der Waals surface area contributed by atoms with Crippen LogP contribution >= 0.6 is 0 Å². The number of aromatic nitrogens is 1. The molecule has 3 aromatic carbocycles. The van der Waals surface area contributed by atoms with E-state index in [0.29, 0.717) is 6.04 Å². The van der Waals surface area contributed by atoms with Crippen molar-refractivity contribution in [2.45, 2.75) is 46.1 Å². The van der Waals surface area contributed by atoms with Crippen molar-refractivity contribution in [3.8, 4) is 5.69 Å². The minimum Gasteiger partial charge on any atom is -0.369 e. The lowest BCUT2D eigenvalue weighted by Gasteiger charge is -2.31. The zero-order valence-electron chi connectivity index (χ0n) is 17.2. The molecule has 0 aliphatic rings. The summed E-state index contributed by atoms with van der Waals surface area (Å²) in [7, 11) is 0. The summed E-state index contributed by atoms with van der Waals surface area (Å²) < 4.78 is 2.41. The van der Waals surface area contributed by atoms with Gasteiger partial charge in [0.1, 0.15) is 0 Å². The highest BCUT2D eigenvalue weighted by Gasteiger charge is 2.17. The molecule has 2 nitrogen and oxygen atoms in total. The maximum Gasteiger partial charge on any atom is 0.0561 e. The first-order chi connectivity index (χ1) is 13.7. The van der Waals surface area contributed by atoms with E-state index in [4.69, 9.17) is 0 Å². The molecule has 0 aliphatic heterocycles. The van der Waals surface area contributed by atoms with Crippen LogP contribution in [0.15, 0.2) is 72.8 Å². The second kappa shape index (κ2) is 8.10. The van der Waals surface area contributed by atoms with Crippen molar-refractivity contribution in [2.24, 2.45) is 0 Å². The van der Waals surface area contributed by atoms with E-state index in [2.05, 4.69) is 103 Å². The van der Waals surface area contributed by atoms with Gasteiger partial charge in [-0.25, -0.2) is 0 Å². The van der Waals surface area contributed by atoms with E-state index in [1.807, 2.05) is 0 Å². The average Bonchev–Trinajstić information content (AvgIpc) is 3.06. The molecule has 0 amide bonds. The van der Waals surface area contributed by atoms with E-state index < -0.39 is 0 Å². The number of hydrogen-bond donors (Lipinski definition) is 0. The Balaban J connectivity index is 1.94. The number of fused-ring (bicyclic) bond motifs is 3. The normalized spacial score (nSPS) is 12.5. The van der Waals surface area contributed by atoms with Crippen molar-refractivity contribution < 1.29 is 0 Å². The molecule has 0 N–H and O–H groups in total. The van der Waals surface area contributed by atoms with Gasteiger partial charge in [0.15, 0.2) is 0 Å². The van der Waals surface area contributed by atoms with Crippen LogP contribution in [0.1, 0.15) is 40.0 Å². The Kier molecular flexibility index (Phi) is 5.38. The van der Waals surface area contributed by atoms with Gasteiger partial charge in [0, 0.05) is 34.7 Å². The molecule has 0 saturated heterocycles. The van der Waals surface area contributed by atoms with Crippen molar-refractivity contribution in [1.29, 1.82) is 0 Å². The summed E-state index contributed by atoms with van der Waals surface area (Å²) in [5, 5.41) is 2.64. The molecule has 28 heavy (non-hydrogen) atoms. The Labute approximate surface area is 168 Å². The third kappa shape index (κ3) is 3.28. The van der Waals surface area contributed by atoms with Crippen LogP contribution in [0.25, 0.3) is 27.5 Å². The number of anilines is 1. The molecule has 4 rings (SSSR count). The number of hydrogen-bond acceptors (Lipinski definition) is 1. The highest BCUT2D eigenvalue weighted by atomic mass is 15.2. The Morgan fingerprint density at radius 2 is 1.50 bits per heavy atom. The molecule has 0 fully saturated rings. The van der Waals surface area contributed by atoms with E-state index in [0.717, 1.165) is 13.0 Å². The highest BCUT2D eigenvalue weighted by Crippen LogP contribution is 2.34. The maximum absolute atomic E-state index is 2.58. The van der Waals surface area contributed by atoms with E-state index >= 15 is 0 Å². The second-order valence-corrected chi connectivity index (χ2v) is 7.72. The molecule has 0 spiro atoms. The summed E-state index contributed by atoms with van der Waals surface area (Å²) in [5.41, 5.74) is 5.10. The van der Waals surface area contributed by atoms with Gasteiger partial charge in [0.25, 0.3) is 0 Å². The van der Waals surface area contributed by atoms with Crippen molar-refractivity contribution >= 4 is 27.5 Å². The molecule has 0 saturated carbocycles. The van der Waals surface area contributed by atoms with Crippen LogP contribution in [0.4, 0.5) is 5.69 Å². The minimum atomic E-state index is 0.553. The lowest BCUT2D eigenvalue weighted by molar-refractivity contribution is 0.576. The van der Waals surface area contributed by atoms with Crippen LogP contribution in [0.2, 0.25) is 0 Å². The van der Waals surface area contributed by atoms with Crippen LogP contribution in [0.5, 0.6) is 0 Å². The molecule has 1 unspecified atom stereocenters. The number of para-hydroxylation sites is 2. The van der Waals surface area contributed by atoms with Crippen LogP contribution in [0.3, 0.4) is 0 Å². The van der Waals surface area contributed by atoms with Crippen molar-refractivity contribution in [3.63, 3.8) is 0 Å². The molecule has 0 radical (unpaired) electrons. The highest BCUT2D eigenvalue weighted by molar-refractivity contribution is 6.10. The first-order valence-electron chi connectivity index (χ1n) is 10.6. The molecule has 0 bridgehead atoms. The van der Waals surface area contributed by atoms with Crippen LogP contribution in [-0.2, 0) is 0 Å². The number of rotatable bonds is 7. The largest absolute Gasteiger partial charge is 0.369 e. The van der Waals surface area contributed by atoms with Crippen molar-refractivity contribution in [2.75, 3.05) is 11.4 Å². The molecule has 1 aromatic heterocycles. The third-order valence-corrected chi connectivity index (χ3v) is 5.71. The predicted molar refractivity (Wildman–Crippen MR) is 123 cm³/mol. The third-order valence-electron chi connectivity index (χ3n) is 5.71. The molecule has 0 aliphatic carbocycles. The molecule has 1 atom stereocenters. The fourth-order valence-electron chi connectivity index (χ4n) is 4.41. The first kappa shape index (κ1) is 18.6. The molecular weight excluding hydrogens is 340 g/mol. The van der Waals surface area contributed by atoms with Gasteiger partial charge in [-0.05, 0) is 50.1 Å². The Bertz CT molecular complexity index is 1060. The fraction of sp³-hybridized carbons (Fsp3) is 0.308. The van der Waals surface area contributed by atoms with Crippen LogP contribution in [-0.4, -0.2) is 17.2 Å². The van der Waals surface area contributed by atoms with E-state index in [-0.39, 0.29) is 0 Å². The topological polar surface area (TPSA) is 8.17 Å². The van der Waals surface area contributed by atoms with Crippen molar-refractivity contribution in [3.05, 3.63) is 72.8 Å². The smallest absolute Gasteiger partial charge is 0.0561 e. The van der Waals surface area contributed by atoms with Gasteiger partial charge >= 0.3 is 0 Å². The molecule has 144 valence electrons. The summed E-state index contributed by atoms with van der Waals surface area (Å²) in [5.74, 6) is 0. The summed E-state index contributed by atoms with van der Waals surface area (Å²) in [6.07, 6.45) is 3.60. The van der Waals surface area contributed by atoms with E-state index in [1.54, 1.807) is 0 Å². The van der Waals surface area contributed by atoms with Crippen LogP contribution in [0, 0.1) is 0 Å². The van der Waals surface area contributed by atoms with E-state index in [9.17, 15) is 0 Å². The lowest BCUT2D eigenvalue weighted by Crippen LogP contribution is -2.33. The van der Waals surface area contributed by atoms with Gasteiger partial charge in [-0.3, -0.25) is 0 Å². The first-order valence-corrected chi connectivity index (χ1v) is 10.6. The quantitative estimate of drug-likeness (QED) is 0.334. The Morgan fingerprint density at radius 1 is 0.786 bits per heavy atom. The molecule has 2 heteroatoms. The van der Waals surface area contributed by atoms with Gasteiger partial charge in [-0.2, -0.15) is 0 Å². The van der Waals surface area contributed by atoms with Crippen LogP contribution < -0.4 is 4.90 Å². The lowest BCUT2D eigenvalue weighted by atomic mass is 10.1. The standard InChI is InChI=1S/C26H30N2/c1-4-11-20(3)27(18-5-2)22-16-17-24-23-14-9-10-15-25(23)28(26(24)19-22)21-12-7-6-8-13-21/h6-10,12-17,19-20H,4-5,11,18H2,1-3H3. The fourth-order valence-corrected chi connectivity index (χ4v) is 4.41. The van der Waals surface area contributed by atoms with Crippen molar-refractivity contribution in [1.82, 2.24) is 4.57 Å². The monoisotopic (exact) mass is 370 g/mol. The second-order valence-electron chi connectivity index (χ2n) is 7.72. The maximum atomic E-state index is 2.58. The van der Waals surface area contributed by atoms with Gasteiger partial charge in [0.2, 0.25) is 0 Å². The summed E-state index contributed by atoms with van der Waals surface area (Å²) in [6.45, 7) is 8.00. The number of benzene rings is 3. The summed E-state index contributed by atoms with van der Waals surface area (Å²) in [6, 6.07) is 27.0. The Hall–Kier alpha value is -2.74. The zero-order chi connectivity index (χ0) is 19.5. The summed E-state index contributed by atoms with van der Waals surface area (Å²) in [4.78, 5) is 2.58. The Morgan fingerprint density at radius 3 is 2.25 bits per heavy atom. The summed E-state index contributed by atoms with van der Waals surface area (Å²) >= 11 is 0. The minimum absolute atomic E-state index is 0.553. The average molecular weight is 371 g/mol. The van der Waals surface area contributed by atoms with E-state index in [1.165, 1.54) is 46.0 Å². The predicted octanol–water partition coefficient (Wildman–Crippen LogP) is 7.19. The SMILES string of the molecule is CCCC(C)N(CCC)c1ccc2c3ccccc3n(-c3ccccc3)c2c1. The van der Waals surface area contributed by atoms with Gasteiger partial charge in [0.05, 0.1) is 11.0 Å². The zero-order valence-corrected chi connectivity index (χ0v) is 17.2. The molecule has 4 aromatic rings. The molecule has 1 heterocycles. The van der Waals surface area contributed by atoms with Gasteiger partial charge < -0.3 is 9.47 Å². The molecular formula is C26H30N2. The van der Waals surface area contributed by atoms with Gasteiger partial charge in [-0.1, -0.05) is 62.7 Å². The number of nitrogens with zero attached hydrogens (tertiary/aromatic N) is 2.